The van der Waals surface area contributed by atoms with Crippen LogP contribution < -0.4 is 11.1 Å². The number of nitrogens with two attached hydrogens (primary N) is 1. The van der Waals surface area contributed by atoms with Crippen LogP contribution in [0.4, 0.5) is 5.69 Å². The number of carbonyl (C=O) groups excluding carboxylic acids is 1. The molecule has 1 atom stereocenters. The Labute approximate surface area is 153 Å². The molecule has 1 aromatic carbocycles. The molecular weight excluding hydrogens is 326 g/mol. The zero-order valence-electron chi connectivity index (χ0n) is 15.2. The Kier molecular flexibility index (Phi) is 5.02. The van der Waals surface area contributed by atoms with E-state index in [1.54, 1.807) is 24.4 Å². The molecule has 6 heteroatoms. The van der Waals surface area contributed by atoms with Crippen molar-refractivity contribution in [3.05, 3.63) is 65.6 Å². The predicted octanol–water partition coefficient (Wildman–Crippen LogP) is 2.96. The smallest absolute Gasteiger partial charge is 0.251 e. The van der Waals surface area contributed by atoms with Gasteiger partial charge < -0.3 is 11.1 Å². The van der Waals surface area contributed by atoms with Crippen LogP contribution in [0.5, 0.6) is 0 Å². The summed E-state index contributed by atoms with van der Waals surface area (Å²) in [5.41, 5.74) is 10.7. The summed E-state index contributed by atoms with van der Waals surface area (Å²) in [5, 5.41) is 7.46. The van der Waals surface area contributed by atoms with Gasteiger partial charge >= 0.3 is 0 Å². The Hall–Kier alpha value is -3.15. The molecule has 0 saturated carbocycles. The minimum Gasteiger partial charge on any atom is -0.397 e. The highest BCUT2D eigenvalue weighted by Crippen LogP contribution is 2.23. The summed E-state index contributed by atoms with van der Waals surface area (Å²) < 4.78 is 1.91. The normalized spacial score (nSPS) is 12.0. The summed E-state index contributed by atoms with van der Waals surface area (Å²) in [6.07, 6.45) is 1.69. The van der Waals surface area contributed by atoms with Gasteiger partial charge in [-0.1, -0.05) is 12.1 Å². The Morgan fingerprint density at radius 3 is 2.73 bits per heavy atom. The lowest BCUT2D eigenvalue weighted by Crippen LogP contribution is -2.36. The number of amides is 1. The maximum absolute atomic E-state index is 12.6. The van der Waals surface area contributed by atoms with Crippen molar-refractivity contribution < 1.29 is 4.79 Å². The molecule has 0 aliphatic heterocycles. The van der Waals surface area contributed by atoms with Gasteiger partial charge in [0.25, 0.3) is 5.91 Å². The maximum atomic E-state index is 12.6. The lowest BCUT2D eigenvalue weighted by Gasteiger charge is -2.15. The van der Waals surface area contributed by atoms with E-state index < -0.39 is 0 Å². The number of anilines is 1. The summed E-state index contributed by atoms with van der Waals surface area (Å²) in [7, 11) is 0. The number of aromatic nitrogens is 3. The van der Waals surface area contributed by atoms with Crippen molar-refractivity contribution in [2.45, 2.75) is 33.4 Å². The molecule has 3 N–H and O–H groups in total. The molecule has 0 saturated heterocycles. The number of nitrogens with zero attached hydrogens (tertiary/aromatic N) is 3. The summed E-state index contributed by atoms with van der Waals surface area (Å²) in [6, 6.07) is 12.9. The van der Waals surface area contributed by atoms with Gasteiger partial charge in [0.15, 0.2) is 0 Å². The van der Waals surface area contributed by atoms with Gasteiger partial charge in [0.2, 0.25) is 0 Å². The van der Waals surface area contributed by atoms with Crippen molar-refractivity contribution in [1.29, 1.82) is 0 Å². The Morgan fingerprint density at radius 1 is 1.23 bits per heavy atom. The van der Waals surface area contributed by atoms with Gasteiger partial charge in [-0.25, -0.2) is 0 Å². The molecule has 2 aromatic heterocycles. The van der Waals surface area contributed by atoms with Gasteiger partial charge in [-0.05, 0) is 51.1 Å². The minimum absolute atomic E-state index is 0.0518. The number of hydrogen-bond acceptors (Lipinski definition) is 4. The van der Waals surface area contributed by atoms with Crippen LogP contribution in [-0.4, -0.2) is 26.7 Å². The number of nitrogen functional groups attached to an aromatic ring is 1. The van der Waals surface area contributed by atoms with E-state index in [1.165, 1.54) is 0 Å². The van der Waals surface area contributed by atoms with Crippen molar-refractivity contribution in [2.24, 2.45) is 0 Å². The van der Waals surface area contributed by atoms with Crippen molar-refractivity contribution in [1.82, 2.24) is 20.1 Å². The first-order chi connectivity index (χ1) is 12.4. The lowest BCUT2D eigenvalue weighted by molar-refractivity contribution is 0.0936. The Bertz CT molecular complexity index is 931. The number of hydrogen-bond donors (Lipinski definition) is 2. The number of aryl methyl sites for hydroxylation is 2. The van der Waals surface area contributed by atoms with Crippen LogP contribution in [-0.2, 0) is 6.54 Å². The molecule has 6 nitrogen and oxygen atoms in total. The fourth-order valence-corrected chi connectivity index (χ4v) is 2.94. The van der Waals surface area contributed by atoms with E-state index in [9.17, 15) is 4.79 Å². The van der Waals surface area contributed by atoms with Crippen LogP contribution in [0.3, 0.4) is 0 Å². The molecule has 0 spiro atoms. The molecule has 3 rings (SSSR count). The van der Waals surface area contributed by atoms with E-state index in [-0.39, 0.29) is 11.9 Å². The van der Waals surface area contributed by atoms with E-state index in [4.69, 9.17) is 5.73 Å². The Morgan fingerprint density at radius 2 is 2.04 bits per heavy atom. The fraction of sp³-hybridized carbons (Fsp3) is 0.250. The van der Waals surface area contributed by atoms with Crippen molar-refractivity contribution >= 4 is 11.6 Å². The average Bonchev–Trinajstić information content (AvgIpc) is 2.92. The number of rotatable bonds is 5. The van der Waals surface area contributed by atoms with E-state index in [2.05, 4.69) is 15.4 Å². The number of benzene rings is 1. The molecule has 0 aliphatic carbocycles. The first kappa shape index (κ1) is 17.7. The highest BCUT2D eigenvalue weighted by atomic mass is 16.1. The zero-order chi connectivity index (χ0) is 18.7. The summed E-state index contributed by atoms with van der Waals surface area (Å²) in [5.74, 6) is -0.129. The van der Waals surface area contributed by atoms with E-state index >= 15 is 0 Å². The third kappa shape index (κ3) is 3.91. The molecule has 1 unspecified atom stereocenters. The van der Waals surface area contributed by atoms with Crippen LogP contribution in [0.1, 0.15) is 28.7 Å². The van der Waals surface area contributed by atoms with Crippen molar-refractivity contribution in [3.63, 3.8) is 0 Å². The fourth-order valence-electron chi connectivity index (χ4n) is 2.94. The highest BCUT2D eigenvalue weighted by molar-refractivity contribution is 5.95. The second-order valence-electron chi connectivity index (χ2n) is 6.51. The summed E-state index contributed by atoms with van der Waals surface area (Å²) >= 11 is 0. The topological polar surface area (TPSA) is 85.8 Å². The molecule has 1 amide bonds. The van der Waals surface area contributed by atoms with Gasteiger partial charge in [0, 0.05) is 29.1 Å². The van der Waals surface area contributed by atoms with Gasteiger partial charge in [0.05, 0.1) is 23.6 Å². The second kappa shape index (κ2) is 7.39. The van der Waals surface area contributed by atoms with Crippen LogP contribution >= 0.6 is 0 Å². The molecule has 0 aliphatic rings. The van der Waals surface area contributed by atoms with Gasteiger partial charge in [-0.2, -0.15) is 5.10 Å². The molecule has 0 fully saturated rings. The number of nitrogens with one attached hydrogen (secondary N) is 1. The summed E-state index contributed by atoms with van der Waals surface area (Å²) in [6.45, 7) is 6.56. The van der Waals surface area contributed by atoms with E-state index in [0.29, 0.717) is 23.5 Å². The third-order valence-electron chi connectivity index (χ3n) is 4.16. The van der Waals surface area contributed by atoms with Crippen LogP contribution in [0.2, 0.25) is 0 Å². The van der Waals surface area contributed by atoms with Gasteiger partial charge in [-0.15, -0.1) is 0 Å². The predicted molar refractivity (Wildman–Crippen MR) is 103 cm³/mol. The Balaban J connectivity index is 1.73. The molecule has 3 aromatic rings. The van der Waals surface area contributed by atoms with Crippen LogP contribution in [0.15, 0.2) is 48.7 Å². The maximum Gasteiger partial charge on any atom is 0.251 e. The number of pyridine rings is 1. The molecule has 26 heavy (non-hydrogen) atoms. The summed E-state index contributed by atoms with van der Waals surface area (Å²) in [4.78, 5) is 16.9. The van der Waals surface area contributed by atoms with Crippen molar-refractivity contribution in [2.75, 3.05) is 5.73 Å². The molecule has 0 bridgehead atoms. The van der Waals surface area contributed by atoms with E-state index in [1.807, 2.05) is 49.7 Å². The third-order valence-corrected chi connectivity index (χ3v) is 4.16. The molecular formula is C20H23N5O. The SMILES string of the molecule is Cc1cc(C)n(CC(C)NC(=O)c2cccc(-c3ncccc3N)c2)n1. The largest absolute Gasteiger partial charge is 0.397 e. The molecule has 0 radical (unpaired) electrons. The van der Waals surface area contributed by atoms with Gasteiger partial charge in [0.1, 0.15) is 0 Å². The second-order valence-corrected chi connectivity index (χ2v) is 6.51. The zero-order valence-corrected chi connectivity index (χ0v) is 15.2. The van der Waals surface area contributed by atoms with E-state index in [0.717, 1.165) is 17.0 Å². The van der Waals surface area contributed by atoms with Crippen molar-refractivity contribution in [3.8, 4) is 11.3 Å². The molecule has 2 heterocycles. The van der Waals surface area contributed by atoms with Crippen LogP contribution in [0.25, 0.3) is 11.3 Å². The monoisotopic (exact) mass is 349 g/mol. The highest BCUT2D eigenvalue weighted by Gasteiger charge is 2.13. The van der Waals surface area contributed by atoms with Crippen LogP contribution in [0, 0.1) is 13.8 Å². The minimum atomic E-state index is -0.129. The quantitative estimate of drug-likeness (QED) is 0.741. The first-order valence-corrected chi connectivity index (χ1v) is 8.57. The standard InChI is InChI=1S/C20H23N5O/c1-13-10-15(3)25(24-13)12-14(2)23-20(26)17-7-4-6-16(11-17)19-18(21)8-5-9-22-19/h4-11,14H,12,21H2,1-3H3,(H,23,26). The van der Waals surface area contributed by atoms with Gasteiger partial charge in [-0.3, -0.25) is 14.5 Å². The number of carbonyl (C=O) groups is 1. The first-order valence-electron chi connectivity index (χ1n) is 8.57. The lowest BCUT2D eigenvalue weighted by atomic mass is 10.1. The molecule has 134 valence electrons. The average molecular weight is 349 g/mol.